The maximum absolute atomic E-state index is 11.8. The summed E-state index contributed by atoms with van der Waals surface area (Å²) in [6.07, 6.45) is 1.99. The lowest BCUT2D eigenvalue weighted by molar-refractivity contribution is 0.0921. The molecule has 2 atom stereocenters. The molecule has 1 aromatic rings. The Labute approximate surface area is 99.5 Å². The summed E-state index contributed by atoms with van der Waals surface area (Å²) in [6.45, 7) is 5.03. The van der Waals surface area contributed by atoms with E-state index in [0.29, 0.717) is 11.7 Å². The second-order valence-corrected chi connectivity index (χ2v) is 5.36. The summed E-state index contributed by atoms with van der Waals surface area (Å²) < 4.78 is 0. The van der Waals surface area contributed by atoms with Gasteiger partial charge in [0.05, 0.1) is 5.01 Å². The van der Waals surface area contributed by atoms with Crippen LogP contribution in [0.3, 0.4) is 0 Å². The summed E-state index contributed by atoms with van der Waals surface area (Å²) in [7, 11) is 0. The Morgan fingerprint density at radius 2 is 2.50 bits per heavy atom. The Morgan fingerprint density at radius 3 is 3.12 bits per heavy atom. The molecule has 1 fully saturated rings. The van der Waals surface area contributed by atoms with E-state index in [9.17, 15) is 4.79 Å². The van der Waals surface area contributed by atoms with Crippen LogP contribution >= 0.6 is 11.3 Å². The third kappa shape index (κ3) is 2.80. The Balaban J connectivity index is 1.92. The van der Waals surface area contributed by atoms with Crippen LogP contribution in [0.15, 0.2) is 5.38 Å². The number of thiazole rings is 1. The van der Waals surface area contributed by atoms with Gasteiger partial charge in [-0.05, 0) is 33.2 Å². The predicted octanol–water partition coefficient (Wildman–Crippen LogP) is 1.32. The third-order valence-corrected chi connectivity index (χ3v) is 3.58. The minimum atomic E-state index is -0.0385. The van der Waals surface area contributed by atoms with Crippen molar-refractivity contribution < 1.29 is 4.79 Å². The van der Waals surface area contributed by atoms with Crippen molar-refractivity contribution in [1.82, 2.24) is 15.6 Å². The largest absolute Gasteiger partial charge is 0.348 e. The van der Waals surface area contributed by atoms with E-state index >= 15 is 0 Å². The number of nitrogens with one attached hydrogen (secondary N) is 2. The zero-order valence-corrected chi connectivity index (χ0v) is 10.4. The monoisotopic (exact) mass is 239 g/mol. The zero-order valence-electron chi connectivity index (χ0n) is 9.62. The number of carbonyl (C=O) groups is 1. The maximum atomic E-state index is 11.8. The lowest BCUT2D eigenvalue weighted by Crippen LogP contribution is -2.46. The second-order valence-electron chi connectivity index (χ2n) is 4.30. The molecule has 0 spiro atoms. The average Bonchev–Trinajstić information content (AvgIpc) is 2.65. The quantitative estimate of drug-likeness (QED) is 0.818. The number of nitrogens with zero attached hydrogens (tertiary/aromatic N) is 1. The molecule has 2 heterocycles. The molecule has 1 aliphatic heterocycles. The van der Waals surface area contributed by atoms with Gasteiger partial charge in [-0.1, -0.05) is 0 Å². The van der Waals surface area contributed by atoms with Gasteiger partial charge in [0.1, 0.15) is 5.69 Å². The molecule has 0 radical (unpaired) electrons. The molecular weight excluding hydrogens is 222 g/mol. The van der Waals surface area contributed by atoms with E-state index in [1.165, 1.54) is 11.3 Å². The number of aromatic nitrogens is 1. The van der Waals surface area contributed by atoms with Gasteiger partial charge in [-0.25, -0.2) is 4.98 Å². The number of amides is 1. The van der Waals surface area contributed by atoms with E-state index in [4.69, 9.17) is 0 Å². The molecule has 1 saturated heterocycles. The van der Waals surface area contributed by atoms with E-state index in [-0.39, 0.29) is 11.9 Å². The maximum Gasteiger partial charge on any atom is 0.270 e. The third-order valence-electron chi connectivity index (χ3n) is 2.81. The van der Waals surface area contributed by atoms with Crippen LogP contribution in [0.25, 0.3) is 0 Å². The Bertz CT molecular complexity index is 377. The number of rotatable bonds is 2. The molecule has 16 heavy (non-hydrogen) atoms. The van der Waals surface area contributed by atoms with Crippen molar-refractivity contribution in [2.24, 2.45) is 0 Å². The first kappa shape index (κ1) is 11.5. The summed E-state index contributed by atoms with van der Waals surface area (Å²) >= 11 is 1.51. The van der Waals surface area contributed by atoms with Crippen LogP contribution in [0.5, 0.6) is 0 Å². The number of carbonyl (C=O) groups excluding carboxylic acids is 1. The molecule has 5 heteroatoms. The average molecular weight is 239 g/mol. The lowest BCUT2D eigenvalue weighted by atomic mass is 10.0. The minimum absolute atomic E-state index is 0.0385. The van der Waals surface area contributed by atoms with Crippen LogP contribution in [-0.2, 0) is 0 Å². The van der Waals surface area contributed by atoms with Crippen molar-refractivity contribution in [2.75, 3.05) is 6.54 Å². The molecule has 0 bridgehead atoms. The first-order chi connectivity index (χ1) is 7.65. The molecule has 1 aliphatic rings. The van der Waals surface area contributed by atoms with Gasteiger partial charge in [0, 0.05) is 17.5 Å². The fourth-order valence-corrected chi connectivity index (χ4v) is 2.58. The van der Waals surface area contributed by atoms with Crippen LogP contribution in [0.1, 0.15) is 35.3 Å². The molecule has 2 rings (SSSR count). The first-order valence-corrected chi connectivity index (χ1v) is 6.49. The van der Waals surface area contributed by atoms with Crippen molar-refractivity contribution in [2.45, 2.75) is 38.8 Å². The van der Waals surface area contributed by atoms with E-state index in [1.807, 2.05) is 12.3 Å². The molecule has 0 saturated carbocycles. The van der Waals surface area contributed by atoms with Crippen LogP contribution in [0.2, 0.25) is 0 Å². The number of aryl methyl sites for hydroxylation is 1. The molecule has 1 aromatic heterocycles. The minimum Gasteiger partial charge on any atom is -0.348 e. The van der Waals surface area contributed by atoms with Crippen LogP contribution < -0.4 is 10.6 Å². The fourth-order valence-electron chi connectivity index (χ4n) is 1.99. The van der Waals surface area contributed by atoms with Crippen LogP contribution in [-0.4, -0.2) is 29.5 Å². The highest BCUT2D eigenvalue weighted by molar-refractivity contribution is 7.09. The number of hydrogen-bond donors (Lipinski definition) is 2. The van der Waals surface area contributed by atoms with Crippen LogP contribution in [0, 0.1) is 6.92 Å². The molecule has 88 valence electrons. The van der Waals surface area contributed by atoms with Gasteiger partial charge in [0.25, 0.3) is 5.91 Å². The van der Waals surface area contributed by atoms with Crippen molar-refractivity contribution in [3.05, 3.63) is 16.1 Å². The highest BCUT2D eigenvalue weighted by Gasteiger charge is 2.21. The molecular formula is C11H17N3OS. The molecule has 2 unspecified atom stereocenters. The number of hydrogen-bond acceptors (Lipinski definition) is 4. The summed E-state index contributed by atoms with van der Waals surface area (Å²) in [4.78, 5) is 16.0. The van der Waals surface area contributed by atoms with Gasteiger partial charge in [0.15, 0.2) is 0 Å². The van der Waals surface area contributed by atoms with Crippen molar-refractivity contribution in [3.63, 3.8) is 0 Å². The second kappa shape index (κ2) is 4.93. The summed E-state index contributed by atoms with van der Waals surface area (Å²) in [5, 5.41) is 9.16. The molecule has 0 aromatic carbocycles. The first-order valence-electron chi connectivity index (χ1n) is 5.61. The van der Waals surface area contributed by atoms with E-state index in [2.05, 4.69) is 22.5 Å². The smallest absolute Gasteiger partial charge is 0.270 e. The zero-order chi connectivity index (χ0) is 11.5. The van der Waals surface area contributed by atoms with Crippen molar-refractivity contribution in [3.8, 4) is 0 Å². The van der Waals surface area contributed by atoms with Crippen molar-refractivity contribution >= 4 is 17.2 Å². The number of piperidine rings is 1. The van der Waals surface area contributed by atoms with E-state index in [1.54, 1.807) is 0 Å². The molecule has 0 aliphatic carbocycles. The highest BCUT2D eigenvalue weighted by Crippen LogP contribution is 2.11. The SMILES string of the molecule is Cc1nc(C(=O)NC2CCNC(C)C2)cs1. The van der Waals surface area contributed by atoms with Gasteiger partial charge in [-0.3, -0.25) is 4.79 Å². The normalized spacial score (nSPS) is 25.4. The summed E-state index contributed by atoms with van der Waals surface area (Å²) in [6, 6.07) is 0.766. The molecule has 2 N–H and O–H groups in total. The predicted molar refractivity (Wildman–Crippen MR) is 64.8 cm³/mol. The molecule has 4 nitrogen and oxygen atoms in total. The van der Waals surface area contributed by atoms with Crippen molar-refractivity contribution in [1.29, 1.82) is 0 Å². The Kier molecular flexibility index (Phi) is 3.56. The fraction of sp³-hybridized carbons (Fsp3) is 0.636. The van der Waals surface area contributed by atoms with Gasteiger partial charge < -0.3 is 10.6 Å². The van der Waals surface area contributed by atoms with Gasteiger partial charge in [-0.2, -0.15) is 0 Å². The van der Waals surface area contributed by atoms with Gasteiger partial charge in [0.2, 0.25) is 0 Å². The molecule has 1 amide bonds. The van der Waals surface area contributed by atoms with E-state index in [0.717, 1.165) is 24.4 Å². The summed E-state index contributed by atoms with van der Waals surface area (Å²) in [5.41, 5.74) is 0.550. The van der Waals surface area contributed by atoms with Crippen LogP contribution in [0.4, 0.5) is 0 Å². The summed E-state index contributed by atoms with van der Waals surface area (Å²) in [5.74, 6) is -0.0385. The standard InChI is InChI=1S/C11H17N3OS/c1-7-5-9(3-4-12-7)14-11(15)10-6-16-8(2)13-10/h6-7,9,12H,3-5H2,1-2H3,(H,14,15). The van der Waals surface area contributed by atoms with Gasteiger partial charge >= 0.3 is 0 Å². The lowest BCUT2D eigenvalue weighted by Gasteiger charge is -2.28. The Morgan fingerprint density at radius 1 is 1.69 bits per heavy atom. The van der Waals surface area contributed by atoms with E-state index < -0.39 is 0 Å². The van der Waals surface area contributed by atoms with Gasteiger partial charge in [-0.15, -0.1) is 11.3 Å². The Hall–Kier alpha value is -0.940. The highest BCUT2D eigenvalue weighted by atomic mass is 32.1. The topological polar surface area (TPSA) is 54.0 Å².